The lowest BCUT2D eigenvalue weighted by molar-refractivity contribution is -0.137. The highest BCUT2D eigenvalue weighted by Crippen LogP contribution is 2.44. The minimum Gasteiger partial charge on any atom is -0.481 e. The van der Waals surface area contributed by atoms with E-state index in [4.69, 9.17) is 9.84 Å². The van der Waals surface area contributed by atoms with Gasteiger partial charge >= 0.3 is 12.1 Å². The molecule has 0 spiro atoms. The van der Waals surface area contributed by atoms with Crippen LogP contribution in [0.15, 0.2) is 48.5 Å². The van der Waals surface area contributed by atoms with E-state index < -0.39 is 12.1 Å². The maximum atomic E-state index is 12.5. The van der Waals surface area contributed by atoms with Crippen molar-refractivity contribution in [1.29, 1.82) is 0 Å². The average Bonchev–Trinajstić information content (AvgIpc) is 3.13. The SMILES string of the molecule is CCC(CCC(=O)O)NC(=O)C[C@@H](CC)NC(=O)OCC1c2ccccc2-c2ccccc21. The minimum atomic E-state index is -0.883. The van der Waals surface area contributed by atoms with Gasteiger partial charge in [0.1, 0.15) is 6.61 Å². The lowest BCUT2D eigenvalue weighted by Crippen LogP contribution is -2.42. The van der Waals surface area contributed by atoms with Crippen LogP contribution in [0.4, 0.5) is 4.79 Å². The number of hydrogen-bond donors (Lipinski definition) is 3. The quantitative estimate of drug-likeness (QED) is 0.467. The monoisotopic (exact) mass is 452 g/mol. The molecule has 0 fully saturated rings. The van der Waals surface area contributed by atoms with Crippen molar-refractivity contribution in [3.8, 4) is 11.1 Å². The average molecular weight is 453 g/mol. The Morgan fingerprint density at radius 3 is 2.03 bits per heavy atom. The van der Waals surface area contributed by atoms with E-state index >= 15 is 0 Å². The molecule has 0 aliphatic heterocycles. The second kappa shape index (κ2) is 11.5. The summed E-state index contributed by atoms with van der Waals surface area (Å²) < 4.78 is 5.57. The van der Waals surface area contributed by atoms with Crippen molar-refractivity contribution in [3.05, 3.63) is 59.7 Å². The number of hydrogen-bond acceptors (Lipinski definition) is 4. The molecule has 0 saturated carbocycles. The summed E-state index contributed by atoms with van der Waals surface area (Å²) in [6, 6.07) is 15.7. The molecule has 2 aromatic rings. The summed E-state index contributed by atoms with van der Waals surface area (Å²) >= 11 is 0. The van der Waals surface area contributed by atoms with Crippen molar-refractivity contribution in [2.45, 2.75) is 64.0 Å². The van der Waals surface area contributed by atoms with Crippen molar-refractivity contribution >= 4 is 18.0 Å². The van der Waals surface area contributed by atoms with Gasteiger partial charge in [-0.15, -0.1) is 0 Å². The molecule has 7 nitrogen and oxygen atoms in total. The van der Waals surface area contributed by atoms with Crippen molar-refractivity contribution in [2.24, 2.45) is 0 Å². The van der Waals surface area contributed by atoms with Gasteiger partial charge < -0.3 is 20.5 Å². The molecule has 1 unspecified atom stereocenters. The molecule has 0 radical (unpaired) electrons. The van der Waals surface area contributed by atoms with Gasteiger partial charge in [0.15, 0.2) is 0 Å². The molecule has 2 atom stereocenters. The number of alkyl carbamates (subject to hydrolysis) is 1. The van der Waals surface area contributed by atoms with Gasteiger partial charge in [-0.25, -0.2) is 4.79 Å². The zero-order valence-corrected chi connectivity index (χ0v) is 19.2. The van der Waals surface area contributed by atoms with Crippen LogP contribution in [-0.2, 0) is 14.3 Å². The van der Waals surface area contributed by atoms with E-state index in [-0.39, 0.29) is 43.4 Å². The Hall–Kier alpha value is -3.35. The van der Waals surface area contributed by atoms with Crippen molar-refractivity contribution in [3.63, 3.8) is 0 Å². The standard InChI is InChI=1S/C26H32N2O5/c1-3-17(13-14-25(30)31)27-24(29)15-18(4-2)28-26(32)33-16-23-21-11-7-5-9-19(21)20-10-6-8-12-22(20)23/h5-12,17-18,23H,3-4,13-16H2,1-2H3,(H,27,29)(H,28,32)(H,30,31)/t17?,18-/m1/s1. The first-order valence-corrected chi connectivity index (χ1v) is 11.6. The van der Waals surface area contributed by atoms with Crippen LogP contribution in [0.25, 0.3) is 11.1 Å². The molecule has 3 rings (SSSR count). The first kappa shape index (κ1) is 24.3. The molecular formula is C26H32N2O5. The number of carbonyl (C=O) groups excluding carboxylic acids is 2. The number of carboxylic acid groups (broad SMARTS) is 1. The van der Waals surface area contributed by atoms with E-state index in [0.29, 0.717) is 19.3 Å². The van der Waals surface area contributed by atoms with Crippen LogP contribution in [0.2, 0.25) is 0 Å². The fourth-order valence-corrected chi connectivity index (χ4v) is 4.29. The molecule has 0 aromatic heterocycles. The van der Waals surface area contributed by atoms with Gasteiger partial charge in [0.05, 0.1) is 0 Å². The number of fused-ring (bicyclic) bond motifs is 3. The second-order valence-electron chi connectivity index (χ2n) is 8.38. The Labute approximate surface area is 194 Å². The predicted molar refractivity (Wildman–Crippen MR) is 126 cm³/mol. The lowest BCUT2D eigenvalue weighted by atomic mass is 9.98. The second-order valence-corrected chi connectivity index (χ2v) is 8.38. The van der Waals surface area contributed by atoms with E-state index in [0.717, 1.165) is 11.1 Å². The summed E-state index contributed by atoms with van der Waals surface area (Å²) in [5.74, 6) is -1.12. The fraction of sp³-hybridized carbons (Fsp3) is 0.423. The number of rotatable bonds is 11. The van der Waals surface area contributed by atoms with E-state index in [9.17, 15) is 14.4 Å². The highest BCUT2D eigenvalue weighted by atomic mass is 16.5. The van der Waals surface area contributed by atoms with Crippen LogP contribution in [-0.4, -0.2) is 41.8 Å². The van der Waals surface area contributed by atoms with Crippen LogP contribution in [0.5, 0.6) is 0 Å². The predicted octanol–water partition coefficient (Wildman–Crippen LogP) is 4.45. The molecule has 2 amide bonds. The zero-order valence-electron chi connectivity index (χ0n) is 19.2. The molecule has 3 N–H and O–H groups in total. The third kappa shape index (κ3) is 6.34. The Morgan fingerprint density at radius 1 is 0.909 bits per heavy atom. The first-order valence-electron chi connectivity index (χ1n) is 11.6. The highest BCUT2D eigenvalue weighted by molar-refractivity contribution is 5.79. The number of carboxylic acids is 1. The van der Waals surface area contributed by atoms with Crippen LogP contribution in [0, 0.1) is 0 Å². The smallest absolute Gasteiger partial charge is 0.407 e. The van der Waals surface area contributed by atoms with E-state index in [1.165, 1.54) is 11.1 Å². The number of amides is 2. The molecule has 1 aliphatic carbocycles. The Kier molecular flexibility index (Phi) is 8.46. The molecular weight excluding hydrogens is 420 g/mol. The molecule has 176 valence electrons. The Morgan fingerprint density at radius 2 is 1.48 bits per heavy atom. The summed E-state index contributed by atoms with van der Waals surface area (Å²) in [4.78, 5) is 35.7. The van der Waals surface area contributed by atoms with Crippen LogP contribution in [0.3, 0.4) is 0 Å². The van der Waals surface area contributed by atoms with E-state index in [1.54, 1.807) is 0 Å². The van der Waals surface area contributed by atoms with Gasteiger partial charge in [-0.2, -0.15) is 0 Å². The Bertz CT molecular complexity index is 945. The highest BCUT2D eigenvalue weighted by Gasteiger charge is 2.29. The molecule has 33 heavy (non-hydrogen) atoms. The number of carbonyl (C=O) groups is 3. The van der Waals surface area contributed by atoms with E-state index in [2.05, 4.69) is 34.9 Å². The fourth-order valence-electron chi connectivity index (χ4n) is 4.29. The van der Waals surface area contributed by atoms with Crippen molar-refractivity contribution < 1.29 is 24.2 Å². The molecule has 1 aliphatic rings. The number of nitrogens with one attached hydrogen (secondary N) is 2. The summed E-state index contributed by atoms with van der Waals surface area (Å²) in [7, 11) is 0. The maximum absolute atomic E-state index is 12.5. The van der Waals surface area contributed by atoms with Crippen LogP contribution in [0.1, 0.15) is 63.0 Å². The van der Waals surface area contributed by atoms with Crippen LogP contribution < -0.4 is 10.6 Å². The lowest BCUT2D eigenvalue weighted by Gasteiger charge is -2.21. The topological polar surface area (TPSA) is 105 Å². The molecule has 7 heteroatoms. The van der Waals surface area contributed by atoms with Gasteiger partial charge in [0, 0.05) is 30.8 Å². The first-order chi connectivity index (χ1) is 15.9. The normalized spacial score (nSPS) is 14.0. The van der Waals surface area contributed by atoms with Gasteiger partial charge in [0.2, 0.25) is 5.91 Å². The molecule has 0 heterocycles. The molecule has 2 aromatic carbocycles. The summed E-state index contributed by atoms with van der Waals surface area (Å²) in [5, 5.41) is 14.5. The summed E-state index contributed by atoms with van der Waals surface area (Å²) in [5.41, 5.74) is 4.62. The van der Waals surface area contributed by atoms with Gasteiger partial charge in [-0.1, -0.05) is 62.4 Å². The third-order valence-corrected chi connectivity index (χ3v) is 6.15. The largest absolute Gasteiger partial charge is 0.481 e. The van der Waals surface area contributed by atoms with Gasteiger partial charge in [-0.3, -0.25) is 9.59 Å². The minimum absolute atomic E-state index is 0.00793. The number of ether oxygens (including phenoxy) is 1. The van der Waals surface area contributed by atoms with E-state index in [1.807, 2.05) is 38.1 Å². The van der Waals surface area contributed by atoms with Crippen molar-refractivity contribution in [2.75, 3.05) is 6.61 Å². The third-order valence-electron chi connectivity index (χ3n) is 6.15. The zero-order chi connectivity index (χ0) is 23.8. The summed E-state index contributed by atoms with van der Waals surface area (Å²) in [6.45, 7) is 4.01. The molecule has 0 saturated heterocycles. The molecule has 0 bridgehead atoms. The van der Waals surface area contributed by atoms with Gasteiger partial charge in [-0.05, 0) is 41.5 Å². The van der Waals surface area contributed by atoms with Crippen LogP contribution >= 0.6 is 0 Å². The van der Waals surface area contributed by atoms with Gasteiger partial charge in [0.25, 0.3) is 0 Å². The summed E-state index contributed by atoms with van der Waals surface area (Å²) in [6.07, 6.45) is 1.18. The number of aliphatic carboxylic acids is 1. The van der Waals surface area contributed by atoms with Crippen molar-refractivity contribution in [1.82, 2.24) is 10.6 Å². The maximum Gasteiger partial charge on any atom is 0.407 e. The Balaban J connectivity index is 1.52. The number of benzene rings is 2.